The number of nitrogens with one attached hydrogen (secondary N) is 2. The maximum atomic E-state index is 12.4. The highest BCUT2D eigenvalue weighted by atomic mass is 16.7. The zero-order chi connectivity index (χ0) is 23.0. The van der Waals surface area contributed by atoms with E-state index < -0.39 is 23.2 Å². The predicted octanol–water partition coefficient (Wildman–Crippen LogP) is 1.88. The number of hydrogen-bond acceptors (Lipinski definition) is 7. The number of H-pyrrole nitrogens is 1. The Balaban J connectivity index is 1.76. The quantitative estimate of drug-likeness (QED) is 0.336. The van der Waals surface area contributed by atoms with Gasteiger partial charge in [-0.25, -0.2) is 4.79 Å². The fraction of sp³-hybridized carbons (Fsp3) is 0.364. The van der Waals surface area contributed by atoms with Crippen LogP contribution in [0.4, 0.5) is 4.79 Å². The van der Waals surface area contributed by atoms with E-state index in [-0.39, 0.29) is 13.0 Å². The number of aromatic nitrogens is 2. The number of ether oxygens (including phenoxy) is 2. The van der Waals surface area contributed by atoms with Crippen LogP contribution in [0.3, 0.4) is 0 Å². The molecule has 1 aromatic carbocycles. The SMILES string of the molecule is CN(C)CCNCc1cc2cc3c(cc2n1C)OCCc1c-3[nH]c(=O)c(OC(=O)O)c1O. The van der Waals surface area contributed by atoms with Crippen molar-refractivity contribution in [1.29, 1.82) is 0 Å². The zero-order valence-electron chi connectivity index (χ0n) is 18.2. The Labute approximate surface area is 184 Å². The van der Waals surface area contributed by atoms with Crippen molar-refractivity contribution in [1.82, 2.24) is 19.8 Å². The van der Waals surface area contributed by atoms with Crippen molar-refractivity contribution in [3.8, 4) is 28.5 Å². The van der Waals surface area contributed by atoms with Gasteiger partial charge in [0.05, 0.1) is 17.8 Å². The highest BCUT2D eigenvalue weighted by Gasteiger charge is 2.26. The first-order valence-electron chi connectivity index (χ1n) is 10.3. The number of pyridine rings is 1. The number of carbonyl (C=O) groups is 1. The third-order valence-corrected chi connectivity index (χ3v) is 5.60. The lowest BCUT2D eigenvalue weighted by Crippen LogP contribution is -2.26. The van der Waals surface area contributed by atoms with Gasteiger partial charge in [-0.1, -0.05) is 0 Å². The molecule has 0 radical (unpaired) electrons. The van der Waals surface area contributed by atoms with Crippen LogP contribution in [-0.2, 0) is 20.0 Å². The largest absolute Gasteiger partial charge is 0.511 e. The first-order chi connectivity index (χ1) is 15.3. The number of rotatable bonds is 6. The van der Waals surface area contributed by atoms with Crippen molar-refractivity contribution >= 4 is 17.1 Å². The Morgan fingerprint density at radius 3 is 2.84 bits per heavy atom. The van der Waals surface area contributed by atoms with E-state index in [0.717, 1.165) is 29.7 Å². The van der Waals surface area contributed by atoms with Gasteiger partial charge >= 0.3 is 6.16 Å². The van der Waals surface area contributed by atoms with E-state index in [1.165, 1.54) is 0 Å². The number of likely N-dealkylation sites (N-methyl/N-ethyl adjacent to an activating group) is 1. The minimum atomic E-state index is -1.67. The van der Waals surface area contributed by atoms with Crippen LogP contribution in [-0.4, -0.2) is 64.6 Å². The second kappa shape index (κ2) is 8.56. The summed E-state index contributed by atoms with van der Waals surface area (Å²) in [4.78, 5) is 28.1. The number of carboxylic acid groups (broad SMARTS) is 1. The predicted molar refractivity (Wildman–Crippen MR) is 119 cm³/mol. The summed E-state index contributed by atoms with van der Waals surface area (Å²) in [6.45, 7) is 2.76. The number of hydrogen-bond donors (Lipinski definition) is 4. The van der Waals surface area contributed by atoms with Crippen LogP contribution < -0.4 is 20.3 Å². The molecule has 1 aliphatic rings. The summed E-state index contributed by atoms with van der Waals surface area (Å²) in [5.41, 5.74) is 2.65. The van der Waals surface area contributed by atoms with Crippen LogP contribution in [0.1, 0.15) is 11.3 Å². The van der Waals surface area contributed by atoms with Crippen LogP contribution >= 0.6 is 0 Å². The van der Waals surface area contributed by atoms with Gasteiger partial charge in [0.15, 0.2) is 5.75 Å². The summed E-state index contributed by atoms with van der Waals surface area (Å²) in [6.07, 6.45) is -1.39. The molecule has 10 nitrogen and oxygen atoms in total. The molecule has 10 heteroatoms. The molecule has 2 aromatic heterocycles. The highest BCUT2D eigenvalue weighted by molar-refractivity contribution is 5.90. The Morgan fingerprint density at radius 2 is 2.12 bits per heavy atom. The minimum Gasteiger partial charge on any atom is -0.504 e. The second-order valence-electron chi connectivity index (χ2n) is 8.03. The molecule has 4 N–H and O–H groups in total. The first kappa shape index (κ1) is 21.7. The number of fused-ring (bicyclic) bond motifs is 4. The van der Waals surface area contributed by atoms with E-state index in [2.05, 4.69) is 30.6 Å². The molecule has 4 rings (SSSR count). The number of aryl methyl sites for hydroxylation is 1. The maximum absolute atomic E-state index is 12.4. The van der Waals surface area contributed by atoms with E-state index in [9.17, 15) is 14.7 Å². The second-order valence-corrected chi connectivity index (χ2v) is 8.03. The van der Waals surface area contributed by atoms with Gasteiger partial charge in [-0.3, -0.25) is 4.79 Å². The topological polar surface area (TPSA) is 129 Å². The molecule has 0 spiro atoms. The lowest BCUT2D eigenvalue weighted by molar-refractivity contribution is 0.142. The number of benzene rings is 1. The van der Waals surface area contributed by atoms with Crippen molar-refractivity contribution in [3.05, 3.63) is 39.8 Å². The average Bonchev–Trinajstić information content (AvgIpc) is 2.92. The molecule has 0 unspecified atom stereocenters. The van der Waals surface area contributed by atoms with Crippen LogP contribution in [0, 0.1) is 0 Å². The van der Waals surface area contributed by atoms with Gasteiger partial charge in [0.2, 0.25) is 5.75 Å². The molecule has 0 saturated heterocycles. The van der Waals surface area contributed by atoms with Crippen molar-refractivity contribution in [2.75, 3.05) is 33.8 Å². The van der Waals surface area contributed by atoms with Gasteiger partial charge in [-0.2, -0.15) is 0 Å². The molecular formula is C22H26N4O6. The summed E-state index contributed by atoms with van der Waals surface area (Å²) in [7, 11) is 6.05. The van der Waals surface area contributed by atoms with E-state index in [0.29, 0.717) is 29.1 Å². The van der Waals surface area contributed by atoms with Crippen LogP contribution in [0.2, 0.25) is 0 Å². The van der Waals surface area contributed by atoms with E-state index in [4.69, 9.17) is 9.84 Å². The summed E-state index contributed by atoms with van der Waals surface area (Å²) in [5, 5.41) is 23.8. The smallest absolute Gasteiger partial charge is 0.504 e. The van der Waals surface area contributed by atoms with Gasteiger partial charge in [0.25, 0.3) is 5.56 Å². The molecule has 0 atom stereocenters. The van der Waals surface area contributed by atoms with Gasteiger partial charge < -0.3 is 39.5 Å². The molecule has 1 aliphatic heterocycles. The fourth-order valence-corrected chi connectivity index (χ4v) is 3.95. The molecular weight excluding hydrogens is 416 g/mol. The monoisotopic (exact) mass is 442 g/mol. The van der Waals surface area contributed by atoms with Crippen molar-refractivity contribution < 1.29 is 24.5 Å². The Kier molecular flexibility index (Phi) is 5.81. The van der Waals surface area contributed by atoms with Crippen molar-refractivity contribution in [2.45, 2.75) is 13.0 Å². The van der Waals surface area contributed by atoms with Gasteiger partial charge in [0.1, 0.15) is 5.75 Å². The molecule has 3 aromatic rings. The molecule has 0 bridgehead atoms. The van der Waals surface area contributed by atoms with Crippen LogP contribution in [0.5, 0.6) is 17.2 Å². The molecule has 0 fully saturated rings. The van der Waals surface area contributed by atoms with E-state index in [1.54, 1.807) is 0 Å². The first-order valence-corrected chi connectivity index (χ1v) is 10.3. The Hall–Kier alpha value is -3.50. The minimum absolute atomic E-state index is 0.251. The highest BCUT2D eigenvalue weighted by Crippen LogP contribution is 2.41. The van der Waals surface area contributed by atoms with Crippen LogP contribution in [0.25, 0.3) is 22.2 Å². The third-order valence-electron chi connectivity index (χ3n) is 5.60. The summed E-state index contributed by atoms with van der Waals surface area (Å²) < 4.78 is 12.5. The van der Waals surface area contributed by atoms with Crippen molar-refractivity contribution in [2.24, 2.45) is 7.05 Å². The molecule has 0 saturated carbocycles. The number of nitrogens with zero attached hydrogens (tertiary/aromatic N) is 2. The van der Waals surface area contributed by atoms with Gasteiger partial charge in [0, 0.05) is 61.4 Å². The summed E-state index contributed by atoms with van der Waals surface area (Å²) in [5.74, 6) is -0.542. The third kappa shape index (κ3) is 4.02. The average molecular weight is 442 g/mol. The maximum Gasteiger partial charge on any atom is 0.511 e. The molecule has 0 aliphatic carbocycles. The molecule has 0 amide bonds. The Morgan fingerprint density at radius 1 is 1.34 bits per heavy atom. The fourth-order valence-electron chi connectivity index (χ4n) is 3.95. The lowest BCUT2D eigenvalue weighted by Gasteiger charge is -2.12. The molecule has 170 valence electrons. The van der Waals surface area contributed by atoms with Gasteiger partial charge in [-0.15, -0.1) is 0 Å². The Bertz CT molecular complexity index is 1240. The number of aromatic amines is 1. The normalized spacial score (nSPS) is 12.9. The van der Waals surface area contributed by atoms with Gasteiger partial charge in [-0.05, 0) is 26.2 Å². The molecule has 32 heavy (non-hydrogen) atoms. The zero-order valence-corrected chi connectivity index (χ0v) is 18.2. The van der Waals surface area contributed by atoms with E-state index in [1.807, 2.05) is 33.3 Å². The standard InChI is InChI=1S/C22H26N4O6/c1-25(2)6-5-23-11-13-8-12-9-15-17(10-16(12)26(13)3)31-7-4-14-18(15)24-21(28)20(19(14)27)32-22(29)30/h8-10,23H,4-7,11H2,1-3H3,(H,29,30)(H2,24,27,28). The van der Waals surface area contributed by atoms with E-state index >= 15 is 0 Å². The van der Waals surface area contributed by atoms with Crippen molar-refractivity contribution in [3.63, 3.8) is 0 Å². The van der Waals surface area contributed by atoms with Crippen LogP contribution in [0.15, 0.2) is 23.0 Å². The number of aromatic hydroxyl groups is 1. The molecule has 3 heterocycles. The lowest BCUT2D eigenvalue weighted by atomic mass is 10.0. The summed E-state index contributed by atoms with van der Waals surface area (Å²) in [6, 6.07) is 5.90. The summed E-state index contributed by atoms with van der Waals surface area (Å²) >= 11 is 0.